The number of hydrogen-bond donors (Lipinski definition) is 2. The number of nitrogens with zero attached hydrogens (tertiary/aromatic N) is 1. The monoisotopic (exact) mass is 347 g/mol. The van der Waals surface area contributed by atoms with Crippen LogP contribution in [0.4, 0.5) is 20.6 Å². The zero-order valence-electron chi connectivity index (χ0n) is 14.8. The van der Waals surface area contributed by atoms with E-state index in [1.807, 2.05) is 6.07 Å². The fourth-order valence-electron chi connectivity index (χ4n) is 4.73. The molecule has 5 nitrogen and oxygen atoms in total. The van der Waals surface area contributed by atoms with E-state index in [0.717, 1.165) is 44.6 Å². The van der Waals surface area contributed by atoms with Gasteiger partial charge in [0, 0.05) is 48.4 Å². The highest BCUT2D eigenvalue weighted by molar-refractivity contribution is 5.90. The number of halogens is 1. The van der Waals surface area contributed by atoms with Gasteiger partial charge in [0.15, 0.2) is 0 Å². The third-order valence-electron chi connectivity index (χ3n) is 6.00. The second-order valence-electron chi connectivity index (χ2n) is 8.03. The Kier molecular flexibility index (Phi) is 4.10. The van der Waals surface area contributed by atoms with E-state index in [4.69, 9.17) is 4.74 Å². The SMILES string of the molecule is CC1(C)C(NC(=O)Nc2cc(F)cc(N3CCCC3)c2)C2CCOC21. The molecule has 136 valence electrons. The zero-order valence-corrected chi connectivity index (χ0v) is 14.8. The predicted molar refractivity (Wildman–Crippen MR) is 95.4 cm³/mol. The van der Waals surface area contributed by atoms with Crippen LogP contribution in [0.2, 0.25) is 0 Å². The lowest BCUT2D eigenvalue weighted by Crippen LogP contribution is -2.67. The van der Waals surface area contributed by atoms with Crippen LogP contribution >= 0.6 is 0 Å². The average Bonchev–Trinajstić information content (AvgIpc) is 3.23. The van der Waals surface area contributed by atoms with Gasteiger partial charge < -0.3 is 20.3 Å². The summed E-state index contributed by atoms with van der Waals surface area (Å²) in [5.41, 5.74) is 1.26. The highest BCUT2D eigenvalue weighted by atomic mass is 19.1. The van der Waals surface area contributed by atoms with E-state index in [0.29, 0.717) is 11.6 Å². The summed E-state index contributed by atoms with van der Waals surface area (Å²) in [5.74, 6) is 0.0568. The highest BCUT2D eigenvalue weighted by Crippen LogP contribution is 2.52. The normalized spacial score (nSPS) is 29.9. The van der Waals surface area contributed by atoms with E-state index in [-0.39, 0.29) is 29.4 Å². The summed E-state index contributed by atoms with van der Waals surface area (Å²) >= 11 is 0. The quantitative estimate of drug-likeness (QED) is 0.881. The molecular weight excluding hydrogens is 321 g/mol. The molecule has 6 heteroatoms. The topological polar surface area (TPSA) is 53.6 Å². The number of amides is 2. The van der Waals surface area contributed by atoms with Gasteiger partial charge in [0.1, 0.15) is 5.82 Å². The summed E-state index contributed by atoms with van der Waals surface area (Å²) in [5, 5.41) is 5.87. The van der Waals surface area contributed by atoms with Crippen molar-refractivity contribution in [3.05, 3.63) is 24.0 Å². The molecule has 1 saturated carbocycles. The standard InChI is InChI=1S/C19H26FN3O2/c1-19(2)16(15-5-8-25-17(15)19)22-18(24)21-13-9-12(20)10-14(11-13)23-6-3-4-7-23/h9-11,15-17H,3-8H2,1-2H3,(H2,21,22,24). The first-order chi connectivity index (χ1) is 11.9. The summed E-state index contributed by atoms with van der Waals surface area (Å²) < 4.78 is 19.7. The Balaban J connectivity index is 1.42. The fraction of sp³-hybridized carbons (Fsp3) is 0.632. The molecule has 2 amide bonds. The molecule has 3 atom stereocenters. The summed E-state index contributed by atoms with van der Waals surface area (Å²) in [6.07, 6.45) is 3.47. The van der Waals surface area contributed by atoms with E-state index in [1.165, 1.54) is 12.1 Å². The summed E-state index contributed by atoms with van der Waals surface area (Å²) in [6.45, 7) is 6.89. The van der Waals surface area contributed by atoms with Crippen molar-refractivity contribution in [3.8, 4) is 0 Å². The zero-order chi connectivity index (χ0) is 17.6. The van der Waals surface area contributed by atoms with Gasteiger partial charge in [0.05, 0.1) is 6.10 Å². The Bertz CT molecular complexity index is 673. The van der Waals surface area contributed by atoms with Gasteiger partial charge in [-0.15, -0.1) is 0 Å². The van der Waals surface area contributed by atoms with Crippen LogP contribution in [0, 0.1) is 17.2 Å². The van der Waals surface area contributed by atoms with Crippen molar-refractivity contribution in [2.24, 2.45) is 11.3 Å². The maximum Gasteiger partial charge on any atom is 0.319 e. The van der Waals surface area contributed by atoms with Crippen LogP contribution in [0.15, 0.2) is 18.2 Å². The molecule has 2 saturated heterocycles. The minimum atomic E-state index is -0.326. The molecule has 2 aliphatic heterocycles. The molecule has 2 N–H and O–H groups in total. The Morgan fingerprint density at radius 1 is 1.28 bits per heavy atom. The Labute approximate surface area is 147 Å². The number of benzene rings is 1. The van der Waals surface area contributed by atoms with Crippen LogP contribution in [0.1, 0.15) is 33.1 Å². The molecule has 0 spiro atoms. The molecule has 1 aromatic carbocycles. The number of carbonyl (C=O) groups excluding carboxylic acids is 1. The summed E-state index contributed by atoms with van der Waals surface area (Å²) in [6, 6.07) is 4.56. The fourth-order valence-corrected chi connectivity index (χ4v) is 4.73. The number of carbonyl (C=O) groups is 1. The molecule has 0 aromatic heterocycles. The van der Waals surface area contributed by atoms with E-state index >= 15 is 0 Å². The van der Waals surface area contributed by atoms with Crippen LogP contribution in [-0.4, -0.2) is 37.9 Å². The van der Waals surface area contributed by atoms with Gasteiger partial charge in [-0.05, 0) is 37.5 Å². The summed E-state index contributed by atoms with van der Waals surface area (Å²) in [7, 11) is 0. The minimum Gasteiger partial charge on any atom is -0.377 e. The molecule has 4 rings (SSSR count). The molecular formula is C19H26FN3O2. The van der Waals surface area contributed by atoms with Crippen molar-refractivity contribution >= 4 is 17.4 Å². The number of hydrogen-bond acceptors (Lipinski definition) is 3. The Morgan fingerprint density at radius 3 is 2.80 bits per heavy atom. The highest BCUT2D eigenvalue weighted by Gasteiger charge is 2.59. The van der Waals surface area contributed by atoms with Crippen molar-refractivity contribution in [3.63, 3.8) is 0 Å². The van der Waals surface area contributed by atoms with Crippen molar-refractivity contribution < 1.29 is 13.9 Å². The lowest BCUT2D eigenvalue weighted by molar-refractivity contribution is -0.107. The van der Waals surface area contributed by atoms with Crippen LogP contribution in [0.3, 0.4) is 0 Å². The maximum absolute atomic E-state index is 14.0. The molecule has 3 aliphatic rings. The lowest BCUT2D eigenvalue weighted by atomic mass is 9.57. The largest absolute Gasteiger partial charge is 0.377 e. The number of nitrogens with one attached hydrogen (secondary N) is 2. The number of urea groups is 1. The van der Waals surface area contributed by atoms with Crippen LogP contribution in [0.5, 0.6) is 0 Å². The van der Waals surface area contributed by atoms with Gasteiger partial charge in [-0.2, -0.15) is 0 Å². The molecule has 1 aliphatic carbocycles. The molecule has 1 aromatic rings. The van der Waals surface area contributed by atoms with Crippen molar-refractivity contribution in [2.75, 3.05) is 29.9 Å². The van der Waals surface area contributed by atoms with E-state index in [1.54, 1.807) is 0 Å². The average molecular weight is 347 g/mol. The van der Waals surface area contributed by atoms with Crippen molar-refractivity contribution in [1.29, 1.82) is 0 Å². The first-order valence-corrected chi connectivity index (χ1v) is 9.20. The second kappa shape index (κ2) is 6.16. The van der Waals surface area contributed by atoms with E-state index in [9.17, 15) is 9.18 Å². The molecule has 2 heterocycles. The molecule has 25 heavy (non-hydrogen) atoms. The third-order valence-corrected chi connectivity index (χ3v) is 6.00. The maximum atomic E-state index is 14.0. The van der Waals surface area contributed by atoms with Crippen LogP contribution < -0.4 is 15.5 Å². The van der Waals surface area contributed by atoms with E-state index in [2.05, 4.69) is 29.4 Å². The molecule has 3 fully saturated rings. The first-order valence-electron chi connectivity index (χ1n) is 9.20. The van der Waals surface area contributed by atoms with Gasteiger partial charge in [-0.1, -0.05) is 13.8 Å². The van der Waals surface area contributed by atoms with Gasteiger partial charge in [-0.25, -0.2) is 9.18 Å². The number of rotatable bonds is 3. The predicted octanol–water partition coefficient (Wildman–Crippen LogP) is 3.36. The smallest absolute Gasteiger partial charge is 0.319 e. The first kappa shape index (κ1) is 16.6. The van der Waals surface area contributed by atoms with Crippen molar-refractivity contribution in [1.82, 2.24) is 5.32 Å². The minimum absolute atomic E-state index is 0.0683. The summed E-state index contributed by atoms with van der Waals surface area (Å²) in [4.78, 5) is 14.6. The van der Waals surface area contributed by atoms with E-state index < -0.39 is 0 Å². The van der Waals surface area contributed by atoms with Gasteiger partial charge in [-0.3, -0.25) is 0 Å². The van der Waals surface area contributed by atoms with Crippen LogP contribution in [-0.2, 0) is 4.74 Å². The Morgan fingerprint density at radius 2 is 2.04 bits per heavy atom. The van der Waals surface area contributed by atoms with Crippen molar-refractivity contribution in [2.45, 2.75) is 45.3 Å². The van der Waals surface area contributed by atoms with Crippen LogP contribution in [0.25, 0.3) is 0 Å². The van der Waals surface area contributed by atoms with Gasteiger partial charge >= 0.3 is 6.03 Å². The molecule has 0 bridgehead atoms. The third kappa shape index (κ3) is 2.97. The molecule has 0 radical (unpaired) electrons. The number of fused-ring (bicyclic) bond motifs is 1. The van der Waals surface area contributed by atoms with Gasteiger partial charge in [0.25, 0.3) is 0 Å². The lowest BCUT2D eigenvalue weighted by Gasteiger charge is -2.54. The number of ether oxygens (including phenoxy) is 1. The molecule has 3 unspecified atom stereocenters. The number of anilines is 2. The Hall–Kier alpha value is -1.82. The second-order valence-corrected chi connectivity index (χ2v) is 8.03. The van der Waals surface area contributed by atoms with Gasteiger partial charge in [0.2, 0.25) is 0 Å².